The monoisotopic (exact) mass is 471 g/mol. The lowest BCUT2D eigenvalue weighted by Crippen LogP contribution is -2.30. The van der Waals surface area contributed by atoms with E-state index in [9.17, 15) is 18.5 Å². The Bertz CT molecular complexity index is 1260. The number of aryl methyl sites for hydroxylation is 2. The number of hydrogen-bond acceptors (Lipinski definition) is 8. The van der Waals surface area contributed by atoms with Crippen LogP contribution in [0.1, 0.15) is 25.0 Å². The average Bonchev–Trinajstić information content (AvgIpc) is 2.77. The van der Waals surface area contributed by atoms with E-state index >= 15 is 0 Å². The highest BCUT2D eigenvalue weighted by Crippen LogP contribution is 2.36. The van der Waals surface area contributed by atoms with Gasteiger partial charge in [0, 0.05) is 18.8 Å². The Morgan fingerprint density at radius 3 is 2.27 bits per heavy atom. The van der Waals surface area contributed by atoms with Crippen molar-refractivity contribution >= 4 is 27.2 Å². The maximum atomic E-state index is 12.6. The first-order chi connectivity index (χ1) is 15.7. The highest BCUT2D eigenvalue weighted by Gasteiger charge is 2.26. The van der Waals surface area contributed by atoms with Gasteiger partial charge in [-0.2, -0.15) is 9.29 Å². The molecule has 1 N–H and O–H groups in total. The molecule has 0 saturated carbocycles. The molecule has 0 aliphatic carbocycles. The van der Waals surface area contributed by atoms with Gasteiger partial charge in [0.2, 0.25) is 15.8 Å². The molecule has 0 atom stereocenters. The zero-order chi connectivity index (χ0) is 24.2. The zero-order valence-electron chi connectivity index (χ0n) is 18.8. The molecule has 0 unspecified atom stereocenters. The van der Waals surface area contributed by atoms with Crippen LogP contribution in [0, 0.1) is 24.0 Å². The van der Waals surface area contributed by atoms with Gasteiger partial charge >= 0.3 is 11.6 Å². The topological polar surface area (TPSA) is 128 Å². The zero-order valence-corrected chi connectivity index (χ0v) is 19.6. The minimum atomic E-state index is -3.61. The third-order valence-electron chi connectivity index (χ3n) is 5.12. The first-order valence-electron chi connectivity index (χ1n) is 10.3. The lowest BCUT2D eigenvalue weighted by atomic mass is 10.1. The maximum Gasteiger partial charge on any atom is 0.373 e. The van der Waals surface area contributed by atoms with Gasteiger partial charge in [0.15, 0.2) is 0 Å². The number of nitro groups is 1. The predicted molar refractivity (Wildman–Crippen MR) is 125 cm³/mol. The second kappa shape index (κ2) is 9.92. The second-order valence-corrected chi connectivity index (χ2v) is 9.16. The third-order valence-corrected chi connectivity index (χ3v) is 7.19. The fourth-order valence-electron chi connectivity index (χ4n) is 3.14. The van der Waals surface area contributed by atoms with Crippen LogP contribution < -0.4 is 10.1 Å². The molecule has 3 aromatic rings. The van der Waals surface area contributed by atoms with Crippen LogP contribution in [0.4, 0.5) is 17.2 Å². The van der Waals surface area contributed by atoms with Crippen molar-refractivity contribution in [3.63, 3.8) is 0 Å². The van der Waals surface area contributed by atoms with E-state index in [0.29, 0.717) is 24.5 Å². The van der Waals surface area contributed by atoms with Crippen molar-refractivity contribution in [1.29, 1.82) is 0 Å². The van der Waals surface area contributed by atoms with E-state index in [1.165, 1.54) is 28.6 Å². The Morgan fingerprint density at radius 1 is 1.03 bits per heavy atom. The largest absolute Gasteiger partial charge is 0.434 e. The number of benzene rings is 2. The molecule has 174 valence electrons. The number of hydrogen-bond donors (Lipinski definition) is 1. The van der Waals surface area contributed by atoms with Crippen molar-refractivity contribution in [1.82, 2.24) is 14.3 Å². The smallest absolute Gasteiger partial charge is 0.373 e. The summed E-state index contributed by atoms with van der Waals surface area (Å²) in [6, 6.07) is 11.2. The normalized spacial score (nSPS) is 11.4. The molecular formula is C22H25N5O5S. The van der Waals surface area contributed by atoms with E-state index in [1.54, 1.807) is 26.0 Å². The number of ether oxygens (including phenoxy) is 1. The summed E-state index contributed by atoms with van der Waals surface area (Å²) in [5, 5.41) is 14.6. The quantitative estimate of drug-likeness (QED) is 0.355. The molecule has 0 bridgehead atoms. The Balaban J connectivity index is 1.90. The van der Waals surface area contributed by atoms with Crippen LogP contribution in [0.2, 0.25) is 0 Å². The van der Waals surface area contributed by atoms with Crippen LogP contribution in [-0.4, -0.2) is 40.7 Å². The van der Waals surface area contributed by atoms with Gasteiger partial charge in [-0.3, -0.25) is 10.1 Å². The Hall–Kier alpha value is -3.57. The number of nitrogens with zero attached hydrogens (tertiary/aromatic N) is 4. The molecular weight excluding hydrogens is 446 g/mol. The minimum absolute atomic E-state index is 0.0758. The molecule has 0 saturated heterocycles. The summed E-state index contributed by atoms with van der Waals surface area (Å²) in [4.78, 5) is 19.2. The highest BCUT2D eigenvalue weighted by molar-refractivity contribution is 7.89. The summed E-state index contributed by atoms with van der Waals surface area (Å²) in [5.74, 6) is 0.131. The molecule has 0 radical (unpaired) electrons. The van der Waals surface area contributed by atoms with E-state index in [1.807, 2.05) is 19.9 Å². The Labute approximate surface area is 192 Å². The van der Waals surface area contributed by atoms with Gasteiger partial charge < -0.3 is 10.1 Å². The van der Waals surface area contributed by atoms with Crippen molar-refractivity contribution in [2.24, 2.45) is 0 Å². The number of sulfonamides is 1. The summed E-state index contributed by atoms with van der Waals surface area (Å²) in [6.45, 7) is 8.11. The van der Waals surface area contributed by atoms with Gasteiger partial charge in [0.25, 0.3) is 0 Å². The van der Waals surface area contributed by atoms with Crippen molar-refractivity contribution in [2.45, 2.75) is 32.6 Å². The SMILES string of the molecule is CCN(CC)S(=O)(=O)c1ccc(Nc2ncnc(Oc3ccc(C)c(C)c3)c2[N+](=O)[O-])cc1. The minimum Gasteiger partial charge on any atom is -0.434 e. The maximum absolute atomic E-state index is 12.6. The third kappa shape index (κ3) is 5.26. The first-order valence-corrected chi connectivity index (χ1v) is 11.7. The van der Waals surface area contributed by atoms with Crippen molar-refractivity contribution in [3.05, 3.63) is 70.0 Å². The predicted octanol–water partition coefficient (Wildman–Crippen LogP) is 4.57. The molecule has 11 heteroatoms. The molecule has 3 rings (SSSR count). The number of nitrogens with one attached hydrogen (secondary N) is 1. The Morgan fingerprint density at radius 2 is 1.70 bits per heavy atom. The van der Waals surface area contributed by atoms with Gasteiger partial charge in [0.05, 0.1) is 9.82 Å². The van der Waals surface area contributed by atoms with E-state index in [0.717, 1.165) is 17.5 Å². The van der Waals surface area contributed by atoms with Crippen LogP contribution >= 0.6 is 0 Å². The lowest BCUT2D eigenvalue weighted by Gasteiger charge is -2.18. The summed E-state index contributed by atoms with van der Waals surface area (Å²) in [7, 11) is -3.61. The average molecular weight is 472 g/mol. The number of rotatable bonds is 9. The fraction of sp³-hybridized carbons (Fsp3) is 0.273. The summed E-state index contributed by atoms with van der Waals surface area (Å²) in [6.07, 6.45) is 1.16. The molecule has 0 amide bonds. The van der Waals surface area contributed by atoms with Crippen LogP contribution in [0.25, 0.3) is 0 Å². The van der Waals surface area contributed by atoms with Crippen molar-refractivity contribution in [2.75, 3.05) is 18.4 Å². The summed E-state index contributed by atoms with van der Waals surface area (Å²) >= 11 is 0. The molecule has 0 spiro atoms. The molecule has 0 aliphatic heterocycles. The molecule has 1 heterocycles. The van der Waals surface area contributed by atoms with Crippen molar-refractivity contribution < 1.29 is 18.1 Å². The standard InChI is InChI=1S/C22H25N5O5S/c1-5-26(6-2)33(30,31)19-11-8-17(9-12-19)25-21-20(27(28)29)22(24-14-23-21)32-18-10-7-15(3)16(4)13-18/h7-14H,5-6H2,1-4H3,(H,23,24,25). The highest BCUT2D eigenvalue weighted by atomic mass is 32.2. The van der Waals surface area contributed by atoms with E-state index in [-0.39, 0.29) is 16.6 Å². The second-order valence-electron chi connectivity index (χ2n) is 7.22. The Kier molecular flexibility index (Phi) is 7.24. The van der Waals surface area contributed by atoms with Gasteiger partial charge in [0.1, 0.15) is 12.1 Å². The van der Waals surface area contributed by atoms with Gasteiger partial charge in [-0.15, -0.1) is 0 Å². The summed E-state index contributed by atoms with van der Waals surface area (Å²) in [5.41, 5.74) is 2.03. The van der Waals surface area contributed by atoms with Crippen LogP contribution in [-0.2, 0) is 10.0 Å². The van der Waals surface area contributed by atoms with Gasteiger partial charge in [-0.1, -0.05) is 19.9 Å². The summed E-state index contributed by atoms with van der Waals surface area (Å²) < 4.78 is 32.3. The van der Waals surface area contributed by atoms with Crippen LogP contribution in [0.15, 0.2) is 53.7 Å². The van der Waals surface area contributed by atoms with E-state index in [2.05, 4.69) is 15.3 Å². The number of aromatic nitrogens is 2. The fourth-order valence-corrected chi connectivity index (χ4v) is 4.60. The molecule has 2 aromatic carbocycles. The first kappa shape index (κ1) is 24.1. The van der Waals surface area contributed by atoms with Gasteiger partial charge in [-0.05, 0) is 61.4 Å². The van der Waals surface area contributed by atoms with Crippen LogP contribution in [0.3, 0.4) is 0 Å². The van der Waals surface area contributed by atoms with Crippen LogP contribution in [0.5, 0.6) is 11.6 Å². The number of anilines is 2. The van der Waals surface area contributed by atoms with E-state index < -0.39 is 20.6 Å². The molecule has 33 heavy (non-hydrogen) atoms. The van der Waals surface area contributed by atoms with E-state index in [4.69, 9.17) is 4.74 Å². The molecule has 1 aromatic heterocycles. The molecule has 0 fully saturated rings. The molecule has 10 nitrogen and oxygen atoms in total. The van der Waals surface area contributed by atoms with Crippen molar-refractivity contribution in [3.8, 4) is 11.6 Å². The lowest BCUT2D eigenvalue weighted by molar-refractivity contribution is -0.385. The van der Waals surface area contributed by atoms with Gasteiger partial charge in [-0.25, -0.2) is 13.4 Å². The molecule has 0 aliphatic rings.